The van der Waals surface area contributed by atoms with E-state index in [0.29, 0.717) is 0 Å². The maximum absolute atomic E-state index is 11.5. The third kappa shape index (κ3) is 1.97. The van der Waals surface area contributed by atoms with Gasteiger partial charge in [0.05, 0.1) is 4.90 Å². The summed E-state index contributed by atoms with van der Waals surface area (Å²) in [6.07, 6.45) is 0.901. The predicted octanol–water partition coefficient (Wildman–Crippen LogP) is -0.929. The zero-order valence-electron chi connectivity index (χ0n) is 8.41. The highest BCUT2D eigenvalue weighted by Gasteiger charge is 2.38. The minimum Gasteiger partial charge on any atom is -0.224 e. The number of sulfonamides is 2. The van der Waals surface area contributed by atoms with Crippen molar-refractivity contribution in [3.8, 4) is 0 Å². The Morgan fingerprint density at radius 1 is 1.00 bits per heavy atom. The highest BCUT2D eigenvalue weighted by atomic mass is 32.3. The van der Waals surface area contributed by atoms with Crippen LogP contribution >= 0.6 is 0 Å². The maximum atomic E-state index is 11.5. The summed E-state index contributed by atoms with van der Waals surface area (Å²) in [5, 5.41) is 0. The van der Waals surface area contributed by atoms with Crippen molar-refractivity contribution in [2.75, 3.05) is 6.26 Å². The molecule has 7 nitrogen and oxygen atoms in total. The Kier molecular flexibility index (Phi) is 2.41. The molecule has 1 N–H and O–H groups in total. The van der Waals surface area contributed by atoms with Crippen LogP contribution in [0.2, 0.25) is 0 Å². The number of hydrogen-bond donors (Lipinski definition) is 1. The monoisotopic (exact) mass is 297 g/mol. The SMILES string of the molecule is CS(=O)(=O)c1ccc2c(c1)S(=O)(=O)NS2(=O)=O. The molecule has 0 saturated heterocycles. The Bertz CT molecular complexity index is 803. The van der Waals surface area contributed by atoms with Gasteiger partial charge >= 0.3 is 0 Å². The Morgan fingerprint density at radius 3 is 2.06 bits per heavy atom. The summed E-state index contributed by atoms with van der Waals surface area (Å²) in [4.78, 5) is -1.23. The second-order valence-corrected chi connectivity index (χ2v) is 9.05. The van der Waals surface area contributed by atoms with Crippen molar-refractivity contribution in [1.29, 1.82) is 0 Å². The van der Waals surface area contributed by atoms with E-state index in [0.717, 1.165) is 24.5 Å². The van der Waals surface area contributed by atoms with Gasteiger partial charge < -0.3 is 0 Å². The summed E-state index contributed by atoms with van der Waals surface area (Å²) in [5.41, 5.74) is 0. The highest BCUT2D eigenvalue weighted by molar-refractivity contribution is 8.07. The van der Waals surface area contributed by atoms with Gasteiger partial charge in [-0.15, -0.1) is 4.13 Å². The molecule has 0 fully saturated rings. The standard InChI is InChI=1S/C7H7NO6S3/c1-15(9,10)5-2-3-6-7(4-5)17(13,14)8-16(6,11)12/h2-4,8H,1H3. The molecule has 0 unspecified atom stereocenters. The molecule has 17 heavy (non-hydrogen) atoms. The van der Waals surface area contributed by atoms with Crippen LogP contribution in [0.4, 0.5) is 0 Å². The van der Waals surface area contributed by atoms with E-state index in [1.54, 1.807) is 0 Å². The average molecular weight is 297 g/mol. The van der Waals surface area contributed by atoms with Crippen LogP contribution in [0.3, 0.4) is 0 Å². The molecule has 1 aromatic carbocycles. The number of sulfone groups is 1. The van der Waals surface area contributed by atoms with Crippen molar-refractivity contribution in [2.24, 2.45) is 0 Å². The third-order valence-electron chi connectivity index (χ3n) is 2.14. The van der Waals surface area contributed by atoms with E-state index in [2.05, 4.69) is 0 Å². The van der Waals surface area contributed by atoms with Crippen molar-refractivity contribution < 1.29 is 25.3 Å². The quantitative estimate of drug-likeness (QED) is 0.716. The van der Waals surface area contributed by atoms with Gasteiger partial charge in [-0.1, -0.05) is 0 Å². The first-order valence-corrected chi connectivity index (χ1v) is 9.02. The van der Waals surface area contributed by atoms with Crippen molar-refractivity contribution in [1.82, 2.24) is 4.13 Å². The first kappa shape index (κ1) is 12.5. The van der Waals surface area contributed by atoms with E-state index in [1.807, 2.05) is 0 Å². The second-order valence-electron chi connectivity index (χ2n) is 3.47. The molecule has 0 aromatic heterocycles. The van der Waals surface area contributed by atoms with Crippen LogP contribution in [0.1, 0.15) is 0 Å². The first-order chi connectivity index (χ1) is 7.54. The lowest BCUT2D eigenvalue weighted by Gasteiger charge is -1.99. The van der Waals surface area contributed by atoms with Crippen LogP contribution < -0.4 is 4.13 Å². The van der Waals surface area contributed by atoms with Crippen LogP contribution in [0, 0.1) is 0 Å². The molecular weight excluding hydrogens is 290 g/mol. The zero-order chi connectivity index (χ0) is 13.1. The molecule has 10 heteroatoms. The number of rotatable bonds is 1. The lowest BCUT2D eigenvalue weighted by Crippen LogP contribution is -2.21. The smallest absolute Gasteiger partial charge is 0.224 e. The Hall–Kier alpha value is -0.970. The molecule has 94 valence electrons. The molecule has 0 amide bonds. The van der Waals surface area contributed by atoms with Crippen molar-refractivity contribution in [3.05, 3.63) is 18.2 Å². The van der Waals surface area contributed by atoms with Crippen molar-refractivity contribution in [3.63, 3.8) is 0 Å². The predicted molar refractivity (Wildman–Crippen MR) is 57.1 cm³/mol. The van der Waals surface area contributed by atoms with Gasteiger partial charge in [0.25, 0.3) is 20.0 Å². The summed E-state index contributed by atoms with van der Waals surface area (Å²) in [6, 6.07) is 2.84. The van der Waals surface area contributed by atoms with Crippen LogP contribution in [0.25, 0.3) is 0 Å². The van der Waals surface area contributed by atoms with E-state index in [1.165, 1.54) is 4.13 Å². The van der Waals surface area contributed by atoms with Gasteiger partial charge in [-0.2, -0.15) is 0 Å². The van der Waals surface area contributed by atoms with Gasteiger partial charge in [0.15, 0.2) is 9.84 Å². The van der Waals surface area contributed by atoms with Gasteiger partial charge in [0, 0.05) is 6.26 Å². The highest BCUT2D eigenvalue weighted by Crippen LogP contribution is 2.30. The summed E-state index contributed by atoms with van der Waals surface area (Å²) in [6.45, 7) is 0. The summed E-state index contributed by atoms with van der Waals surface area (Å²) in [7, 11) is -11.9. The third-order valence-corrected chi connectivity index (χ3v) is 6.99. The van der Waals surface area contributed by atoms with Gasteiger partial charge in [-0.05, 0) is 18.2 Å². The topological polar surface area (TPSA) is 114 Å². The number of hydrogen-bond acceptors (Lipinski definition) is 6. The summed E-state index contributed by atoms with van der Waals surface area (Å²) < 4.78 is 69.6. The van der Waals surface area contributed by atoms with Crippen LogP contribution in [-0.4, -0.2) is 31.5 Å². The Balaban J connectivity index is 2.88. The molecule has 1 aromatic rings. The number of fused-ring (bicyclic) bond motifs is 1. The molecule has 0 saturated carbocycles. The molecule has 0 aliphatic carbocycles. The molecule has 0 radical (unpaired) electrons. The lowest BCUT2D eigenvalue weighted by atomic mass is 10.4. The molecule has 0 bridgehead atoms. The van der Waals surface area contributed by atoms with Gasteiger partial charge in [0.2, 0.25) is 0 Å². The molecule has 0 spiro atoms. The fourth-order valence-corrected chi connectivity index (χ4v) is 5.82. The average Bonchev–Trinajstić information content (AvgIpc) is 2.31. The fourth-order valence-electron chi connectivity index (χ4n) is 1.39. The van der Waals surface area contributed by atoms with Gasteiger partial charge in [0.1, 0.15) is 9.79 Å². The minimum absolute atomic E-state index is 0.251. The molecule has 0 atom stereocenters. The number of nitrogens with one attached hydrogen (secondary N) is 1. The molecular formula is C7H7NO6S3. The van der Waals surface area contributed by atoms with Gasteiger partial charge in [-0.3, -0.25) is 0 Å². The van der Waals surface area contributed by atoms with Crippen LogP contribution in [0.15, 0.2) is 32.9 Å². The first-order valence-electron chi connectivity index (χ1n) is 4.17. The molecule has 1 aliphatic heterocycles. The maximum Gasteiger partial charge on any atom is 0.255 e. The van der Waals surface area contributed by atoms with Crippen LogP contribution in [-0.2, 0) is 29.9 Å². The minimum atomic E-state index is -4.20. The fraction of sp³-hybridized carbons (Fsp3) is 0.143. The lowest BCUT2D eigenvalue weighted by molar-refractivity contribution is 0.586. The summed E-state index contributed by atoms with van der Waals surface area (Å²) in [5.74, 6) is 0. The second kappa shape index (κ2) is 3.28. The normalized spacial score (nSPS) is 21.0. The van der Waals surface area contributed by atoms with E-state index >= 15 is 0 Å². The summed E-state index contributed by atoms with van der Waals surface area (Å²) >= 11 is 0. The van der Waals surface area contributed by atoms with Crippen LogP contribution in [0.5, 0.6) is 0 Å². The van der Waals surface area contributed by atoms with Crippen molar-refractivity contribution >= 4 is 29.9 Å². The largest absolute Gasteiger partial charge is 0.255 e. The number of benzene rings is 1. The van der Waals surface area contributed by atoms with E-state index in [4.69, 9.17) is 0 Å². The van der Waals surface area contributed by atoms with E-state index in [-0.39, 0.29) is 4.90 Å². The molecule has 1 heterocycles. The zero-order valence-corrected chi connectivity index (χ0v) is 10.9. The van der Waals surface area contributed by atoms with Gasteiger partial charge in [-0.25, -0.2) is 25.3 Å². The Morgan fingerprint density at radius 2 is 1.53 bits per heavy atom. The van der Waals surface area contributed by atoms with E-state index in [9.17, 15) is 25.3 Å². The van der Waals surface area contributed by atoms with E-state index < -0.39 is 39.7 Å². The molecule has 2 rings (SSSR count). The van der Waals surface area contributed by atoms with Crippen molar-refractivity contribution in [2.45, 2.75) is 14.7 Å². The Labute approximate surface area is 98.5 Å². The molecule has 1 aliphatic rings.